The molecule has 3 rings (SSSR count). The van der Waals surface area contributed by atoms with Gasteiger partial charge >= 0.3 is 0 Å². The van der Waals surface area contributed by atoms with Crippen LogP contribution in [0.2, 0.25) is 0 Å². The number of nitro groups is 1. The number of benzene rings is 1. The van der Waals surface area contributed by atoms with E-state index in [1.807, 2.05) is 0 Å². The van der Waals surface area contributed by atoms with Gasteiger partial charge in [-0.25, -0.2) is 0 Å². The van der Waals surface area contributed by atoms with E-state index >= 15 is 0 Å². The highest BCUT2D eigenvalue weighted by Crippen LogP contribution is 2.39. The summed E-state index contributed by atoms with van der Waals surface area (Å²) in [6, 6.07) is 5.36. The van der Waals surface area contributed by atoms with Crippen molar-refractivity contribution >= 4 is 33.8 Å². The number of hydrogen-bond acceptors (Lipinski definition) is 5. The number of anilines is 1. The fourth-order valence-corrected chi connectivity index (χ4v) is 4.05. The van der Waals surface area contributed by atoms with E-state index in [0.717, 1.165) is 29.7 Å². The van der Waals surface area contributed by atoms with Crippen molar-refractivity contribution in [2.75, 3.05) is 12.4 Å². The van der Waals surface area contributed by atoms with Crippen LogP contribution in [-0.2, 0) is 12.8 Å². The minimum Gasteiger partial charge on any atom is -0.355 e. The van der Waals surface area contributed by atoms with Crippen LogP contribution in [0.1, 0.15) is 37.6 Å². The number of nitrogens with zero attached hydrogens (tertiary/aromatic N) is 1. The number of fused-ring (bicyclic) bond motifs is 1. The highest BCUT2D eigenvalue weighted by Gasteiger charge is 2.27. The normalized spacial score (nSPS) is 12.5. The van der Waals surface area contributed by atoms with Crippen molar-refractivity contribution in [3.8, 4) is 0 Å². The Balaban J connectivity index is 1.87. The molecule has 0 bridgehead atoms. The average Bonchev–Trinajstić information content (AvgIpc) is 3.14. The highest BCUT2D eigenvalue weighted by atomic mass is 32.1. The Hall–Kier alpha value is -2.74. The van der Waals surface area contributed by atoms with E-state index in [4.69, 9.17) is 0 Å². The molecule has 0 atom stereocenters. The van der Waals surface area contributed by atoms with Crippen LogP contribution in [0.15, 0.2) is 24.3 Å². The first-order chi connectivity index (χ1) is 11.5. The first-order valence-electron chi connectivity index (χ1n) is 7.43. The van der Waals surface area contributed by atoms with Crippen molar-refractivity contribution in [3.05, 3.63) is 55.9 Å². The molecular formula is C16H15N3O4S. The molecule has 2 amide bonds. The average molecular weight is 345 g/mol. The van der Waals surface area contributed by atoms with E-state index in [0.29, 0.717) is 16.1 Å². The van der Waals surface area contributed by atoms with Crippen molar-refractivity contribution in [2.45, 2.75) is 19.3 Å². The van der Waals surface area contributed by atoms with Crippen LogP contribution < -0.4 is 10.6 Å². The van der Waals surface area contributed by atoms with E-state index in [2.05, 4.69) is 10.6 Å². The van der Waals surface area contributed by atoms with Crippen LogP contribution in [0.5, 0.6) is 0 Å². The maximum atomic E-state index is 12.4. The number of thiophene rings is 1. The summed E-state index contributed by atoms with van der Waals surface area (Å²) in [4.78, 5) is 35.8. The largest absolute Gasteiger partial charge is 0.355 e. The maximum absolute atomic E-state index is 12.4. The minimum absolute atomic E-state index is 0.0762. The van der Waals surface area contributed by atoms with Crippen molar-refractivity contribution in [1.82, 2.24) is 5.32 Å². The number of carbonyl (C=O) groups excluding carboxylic acids is 2. The Morgan fingerprint density at radius 2 is 1.88 bits per heavy atom. The van der Waals surface area contributed by atoms with Crippen LogP contribution in [0.3, 0.4) is 0 Å². The molecule has 1 aromatic carbocycles. The Kier molecular flexibility index (Phi) is 4.30. The second-order valence-corrected chi connectivity index (χ2v) is 6.50. The van der Waals surface area contributed by atoms with Gasteiger partial charge in [-0.3, -0.25) is 19.7 Å². The monoisotopic (exact) mass is 345 g/mol. The Bertz CT molecular complexity index is 827. The molecular weight excluding hydrogens is 330 g/mol. The molecule has 0 fully saturated rings. The van der Waals surface area contributed by atoms with Gasteiger partial charge in [0, 0.05) is 29.6 Å². The van der Waals surface area contributed by atoms with Gasteiger partial charge in [0.05, 0.1) is 10.5 Å². The van der Waals surface area contributed by atoms with E-state index in [1.54, 1.807) is 7.05 Å². The molecule has 1 aromatic heterocycles. The van der Waals surface area contributed by atoms with Crippen LogP contribution in [0.25, 0.3) is 0 Å². The lowest BCUT2D eigenvalue weighted by Gasteiger charge is -2.07. The minimum atomic E-state index is -0.519. The summed E-state index contributed by atoms with van der Waals surface area (Å²) in [5, 5.41) is 16.6. The predicted molar refractivity (Wildman–Crippen MR) is 90.8 cm³/mol. The molecule has 0 spiro atoms. The SMILES string of the molecule is CNC(=O)c1c(NC(=O)c2ccc([N+](=O)[O-])cc2)sc2c1CCC2. The molecule has 0 unspecified atom stereocenters. The number of carbonyl (C=O) groups is 2. The van der Waals surface area contributed by atoms with E-state index < -0.39 is 10.8 Å². The molecule has 7 nitrogen and oxygen atoms in total. The van der Waals surface area contributed by atoms with Crippen molar-refractivity contribution in [3.63, 3.8) is 0 Å². The molecule has 24 heavy (non-hydrogen) atoms. The second kappa shape index (κ2) is 6.40. The number of nitro benzene ring substituents is 1. The van der Waals surface area contributed by atoms with Gasteiger partial charge in [0.1, 0.15) is 5.00 Å². The number of hydrogen-bond donors (Lipinski definition) is 2. The Labute approximate surface area is 141 Å². The van der Waals surface area contributed by atoms with Crippen LogP contribution in [-0.4, -0.2) is 23.8 Å². The predicted octanol–water partition coefficient (Wildman–Crippen LogP) is 2.76. The topological polar surface area (TPSA) is 101 Å². The number of aryl methyl sites for hydroxylation is 1. The second-order valence-electron chi connectivity index (χ2n) is 5.40. The molecule has 0 radical (unpaired) electrons. The lowest BCUT2D eigenvalue weighted by Crippen LogP contribution is -2.21. The van der Waals surface area contributed by atoms with Crippen molar-refractivity contribution in [2.24, 2.45) is 0 Å². The molecule has 1 aliphatic rings. The van der Waals surface area contributed by atoms with Crippen molar-refractivity contribution < 1.29 is 14.5 Å². The van der Waals surface area contributed by atoms with Gasteiger partial charge in [0.15, 0.2) is 0 Å². The summed E-state index contributed by atoms with van der Waals surface area (Å²) in [6.45, 7) is 0. The van der Waals surface area contributed by atoms with Crippen LogP contribution >= 0.6 is 11.3 Å². The zero-order valence-corrected chi connectivity index (χ0v) is 13.7. The summed E-state index contributed by atoms with van der Waals surface area (Å²) in [5.41, 5.74) is 1.77. The Morgan fingerprint density at radius 1 is 1.17 bits per heavy atom. The molecule has 8 heteroatoms. The first kappa shape index (κ1) is 16.1. The van der Waals surface area contributed by atoms with Gasteiger partial charge in [0.25, 0.3) is 17.5 Å². The fraction of sp³-hybridized carbons (Fsp3) is 0.250. The number of amides is 2. The number of rotatable bonds is 4. The molecule has 0 saturated heterocycles. The molecule has 2 aromatic rings. The maximum Gasteiger partial charge on any atom is 0.269 e. The zero-order chi connectivity index (χ0) is 17.3. The fourth-order valence-electron chi connectivity index (χ4n) is 2.77. The zero-order valence-electron chi connectivity index (χ0n) is 12.9. The molecule has 2 N–H and O–H groups in total. The lowest BCUT2D eigenvalue weighted by molar-refractivity contribution is -0.384. The third-order valence-electron chi connectivity index (χ3n) is 3.94. The molecule has 1 aliphatic carbocycles. The van der Waals surface area contributed by atoms with E-state index in [9.17, 15) is 19.7 Å². The van der Waals surface area contributed by atoms with Crippen LogP contribution in [0.4, 0.5) is 10.7 Å². The number of nitrogens with one attached hydrogen (secondary N) is 2. The quantitative estimate of drug-likeness (QED) is 0.657. The lowest BCUT2D eigenvalue weighted by atomic mass is 10.1. The summed E-state index contributed by atoms with van der Waals surface area (Å²) < 4.78 is 0. The van der Waals surface area contributed by atoms with E-state index in [1.165, 1.54) is 35.6 Å². The third kappa shape index (κ3) is 2.88. The summed E-state index contributed by atoms with van der Waals surface area (Å²) >= 11 is 1.42. The summed E-state index contributed by atoms with van der Waals surface area (Å²) in [6.07, 6.45) is 2.77. The van der Waals surface area contributed by atoms with Gasteiger partial charge in [-0.2, -0.15) is 0 Å². The number of non-ortho nitro benzene ring substituents is 1. The van der Waals surface area contributed by atoms with Crippen molar-refractivity contribution in [1.29, 1.82) is 0 Å². The third-order valence-corrected chi connectivity index (χ3v) is 5.15. The summed E-state index contributed by atoms with van der Waals surface area (Å²) in [7, 11) is 1.56. The highest BCUT2D eigenvalue weighted by molar-refractivity contribution is 7.17. The first-order valence-corrected chi connectivity index (χ1v) is 8.25. The Morgan fingerprint density at radius 3 is 2.50 bits per heavy atom. The van der Waals surface area contributed by atoms with Gasteiger partial charge in [0.2, 0.25) is 0 Å². The molecule has 0 aliphatic heterocycles. The van der Waals surface area contributed by atoms with Gasteiger partial charge in [-0.05, 0) is 37.0 Å². The standard InChI is InChI=1S/C16H15N3O4S/c1-17-15(21)13-11-3-2-4-12(11)24-16(13)18-14(20)9-5-7-10(8-6-9)19(22)23/h5-8H,2-4H2,1H3,(H,17,21)(H,18,20). The van der Waals surface area contributed by atoms with Gasteiger partial charge in [-0.1, -0.05) is 0 Å². The van der Waals surface area contributed by atoms with E-state index in [-0.39, 0.29) is 11.6 Å². The van der Waals surface area contributed by atoms with Gasteiger partial charge < -0.3 is 10.6 Å². The molecule has 1 heterocycles. The van der Waals surface area contributed by atoms with Crippen LogP contribution in [0, 0.1) is 10.1 Å². The molecule has 0 saturated carbocycles. The molecule has 124 valence electrons. The smallest absolute Gasteiger partial charge is 0.269 e. The van der Waals surface area contributed by atoms with Gasteiger partial charge in [-0.15, -0.1) is 11.3 Å². The summed E-state index contributed by atoms with van der Waals surface area (Å²) in [5.74, 6) is -0.608.